The summed E-state index contributed by atoms with van der Waals surface area (Å²) in [7, 11) is 6.04. The average molecular weight is 274 g/mol. The maximum atomic E-state index is 12.4. The summed E-state index contributed by atoms with van der Waals surface area (Å²) in [5.74, 6) is 0.164. The van der Waals surface area contributed by atoms with E-state index in [1.807, 2.05) is 11.9 Å². The molecule has 0 bridgehead atoms. The zero-order valence-electron chi connectivity index (χ0n) is 13.6. The van der Waals surface area contributed by atoms with Crippen LogP contribution in [0.5, 0.6) is 0 Å². The van der Waals surface area contributed by atoms with E-state index in [2.05, 4.69) is 51.9 Å². The highest BCUT2D eigenvalue weighted by atomic mass is 16.2. The van der Waals surface area contributed by atoms with E-state index in [-0.39, 0.29) is 11.3 Å². The van der Waals surface area contributed by atoms with Crippen LogP contribution in [0.1, 0.15) is 47.8 Å². The molecule has 0 N–H and O–H groups in total. The SMILES string of the molecule is CN(C)Cc1cc(C(C)(C)C)cc2c1CCN(C)C2=O. The fourth-order valence-corrected chi connectivity index (χ4v) is 2.72. The van der Waals surface area contributed by atoms with Gasteiger partial charge in [0.1, 0.15) is 0 Å². The molecule has 1 aliphatic heterocycles. The van der Waals surface area contributed by atoms with Crippen molar-refractivity contribution in [1.29, 1.82) is 0 Å². The van der Waals surface area contributed by atoms with Gasteiger partial charge in [-0.05, 0) is 48.7 Å². The third kappa shape index (κ3) is 2.88. The third-order valence-corrected chi connectivity index (χ3v) is 3.97. The molecule has 0 saturated carbocycles. The summed E-state index contributed by atoms with van der Waals surface area (Å²) in [6.07, 6.45) is 0.963. The van der Waals surface area contributed by atoms with Gasteiger partial charge >= 0.3 is 0 Å². The van der Waals surface area contributed by atoms with Crippen molar-refractivity contribution in [3.8, 4) is 0 Å². The van der Waals surface area contributed by atoms with Gasteiger partial charge in [-0.25, -0.2) is 0 Å². The van der Waals surface area contributed by atoms with E-state index in [9.17, 15) is 4.79 Å². The molecule has 0 unspecified atom stereocenters. The maximum Gasteiger partial charge on any atom is 0.253 e. The highest BCUT2D eigenvalue weighted by Gasteiger charge is 2.27. The smallest absolute Gasteiger partial charge is 0.253 e. The molecule has 0 radical (unpaired) electrons. The Morgan fingerprint density at radius 2 is 1.90 bits per heavy atom. The van der Waals surface area contributed by atoms with Crippen LogP contribution in [-0.2, 0) is 18.4 Å². The molecule has 0 aliphatic carbocycles. The number of fused-ring (bicyclic) bond motifs is 1. The van der Waals surface area contributed by atoms with Crippen molar-refractivity contribution in [3.63, 3.8) is 0 Å². The normalized spacial score (nSPS) is 15.8. The van der Waals surface area contributed by atoms with Crippen LogP contribution in [0.3, 0.4) is 0 Å². The van der Waals surface area contributed by atoms with Crippen LogP contribution in [0.15, 0.2) is 12.1 Å². The molecule has 1 aromatic carbocycles. The number of hydrogen-bond donors (Lipinski definition) is 0. The lowest BCUT2D eigenvalue weighted by atomic mass is 9.81. The second kappa shape index (κ2) is 5.21. The van der Waals surface area contributed by atoms with Crippen molar-refractivity contribution in [2.75, 3.05) is 27.7 Å². The molecule has 2 rings (SSSR count). The molecule has 1 aromatic rings. The number of carbonyl (C=O) groups excluding carboxylic acids is 1. The lowest BCUT2D eigenvalue weighted by Gasteiger charge is -2.30. The fraction of sp³-hybridized carbons (Fsp3) is 0.588. The van der Waals surface area contributed by atoms with E-state index < -0.39 is 0 Å². The van der Waals surface area contributed by atoms with Gasteiger partial charge in [-0.3, -0.25) is 4.79 Å². The van der Waals surface area contributed by atoms with Gasteiger partial charge in [0.15, 0.2) is 0 Å². The van der Waals surface area contributed by atoms with Gasteiger partial charge < -0.3 is 9.80 Å². The molecule has 1 heterocycles. The predicted molar refractivity (Wildman–Crippen MR) is 83.2 cm³/mol. The van der Waals surface area contributed by atoms with Gasteiger partial charge in [-0.1, -0.05) is 26.8 Å². The number of likely N-dealkylation sites (N-methyl/N-ethyl adjacent to an activating group) is 1. The van der Waals surface area contributed by atoms with Crippen LogP contribution in [0.25, 0.3) is 0 Å². The van der Waals surface area contributed by atoms with E-state index in [0.29, 0.717) is 0 Å². The topological polar surface area (TPSA) is 23.6 Å². The highest BCUT2D eigenvalue weighted by Crippen LogP contribution is 2.30. The predicted octanol–water partition coefficient (Wildman–Crippen LogP) is 2.67. The van der Waals surface area contributed by atoms with E-state index in [0.717, 1.165) is 25.1 Å². The standard InChI is InChI=1S/C17H26N2O/c1-17(2,3)13-9-12(11-18(4)5)14-7-8-19(6)16(20)15(14)10-13/h9-10H,7-8,11H2,1-6H3. The number of hydrogen-bond acceptors (Lipinski definition) is 2. The van der Waals surface area contributed by atoms with Crippen LogP contribution in [0.2, 0.25) is 0 Å². The van der Waals surface area contributed by atoms with Crippen molar-refractivity contribution in [2.45, 2.75) is 39.2 Å². The number of nitrogens with zero attached hydrogens (tertiary/aromatic N) is 2. The maximum absolute atomic E-state index is 12.4. The highest BCUT2D eigenvalue weighted by molar-refractivity contribution is 5.97. The van der Waals surface area contributed by atoms with E-state index in [1.54, 1.807) is 0 Å². The average Bonchev–Trinajstić information content (AvgIpc) is 2.32. The first-order valence-corrected chi connectivity index (χ1v) is 7.26. The van der Waals surface area contributed by atoms with Crippen LogP contribution in [0.4, 0.5) is 0 Å². The zero-order chi connectivity index (χ0) is 15.1. The minimum Gasteiger partial charge on any atom is -0.341 e. The lowest BCUT2D eigenvalue weighted by molar-refractivity contribution is 0.0780. The second-order valence-electron chi connectivity index (χ2n) is 7.13. The molecule has 0 fully saturated rings. The van der Waals surface area contributed by atoms with Crippen LogP contribution in [0, 0.1) is 0 Å². The number of carbonyl (C=O) groups is 1. The van der Waals surface area contributed by atoms with Gasteiger partial charge in [-0.2, -0.15) is 0 Å². The Balaban J connectivity index is 2.59. The molecular weight excluding hydrogens is 248 g/mol. The lowest BCUT2D eigenvalue weighted by Crippen LogP contribution is -2.35. The fourth-order valence-electron chi connectivity index (χ4n) is 2.72. The van der Waals surface area contributed by atoms with Crippen molar-refractivity contribution in [3.05, 3.63) is 34.4 Å². The van der Waals surface area contributed by atoms with Crippen molar-refractivity contribution < 1.29 is 4.79 Å². The number of rotatable bonds is 2. The molecule has 20 heavy (non-hydrogen) atoms. The minimum absolute atomic E-state index is 0.0619. The summed E-state index contributed by atoms with van der Waals surface area (Å²) < 4.78 is 0. The summed E-state index contributed by atoms with van der Waals surface area (Å²) in [6, 6.07) is 4.39. The summed E-state index contributed by atoms with van der Waals surface area (Å²) >= 11 is 0. The Labute approximate surface area is 122 Å². The molecule has 0 aromatic heterocycles. The summed E-state index contributed by atoms with van der Waals surface area (Å²) in [4.78, 5) is 16.4. The Hall–Kier alpha value is -1.35. The van der Waals surface area contributed by atoms with Crippen LogP contribution < -0.4 is 0 Å². The van der Waals surface area contributed by atoms with Crippen molar-refractivity contribution in [2.24, 2.45) is 0 Å². The van der Waals surface area contributed by atoms with Gasteiger partial charge in [0, 0.05) is 25.7 Å². The zero-order valence-corrected chi connectivity index (χ0v) is 13.6. The first kappa shape index (κ1) is 15.0. The quantitative estimate of drug-likeness (QED) is 0.828. The molecule has 1 amide bonds. The first-order valence-electron chi connectivity index (χ1n) is 7.26. The van der Waals surface area contributed by atoms with Crippen molar-refractivity contribution in [1.82, 2.24) is 9.80 Å². The van der Waals surface area contributed by atoms with Crippen LogP contribution in [-0.4, -0.2) is 43.4 Å². The Kier molecular flexibility index (Phi) is 3.92. The van der Waals surface area contributed by atoms with Gasteiger partial charge in [-0.15, -0.1) is 0 Å². The summed E-state index contributed by atoms with van der Waals surface area (Å²) in [5, 5.41) is 0. The molecule has 0 atom stereocenters. The first-order chi connectivity index (χ1) is 9.20. The Bertz CT molecular complexity index is 527. The molecule has 3 nitrogen and oxygen atoms in total. The minimum atomic E-state index is 0.0619. The molecule has 1 aliphatic rings. The molecule has 0 spiro atoms. The molecular formula is C17H26N2O. The molecule has 110 valence electrons. The second-order valence-corrected chi connectivity index (χ2v) is 7.13. The summed E-state index contributed by atoms with van der Waals surface area (Å²) in [6.45, 7) is 8.31. The Morgan fingerprint density at radius 3 is 2.45 bits per heavy atom. The van der Waals surface area contributed by atoms with Gasteiger partial charge in [0.25, 0.3) is 5.91 Å². The third-order valence-electron chi connectivity index (χ3n) is 3.97. The largest absolute Gasteiger partial charge is 0.341 e. The van der Waals surface area contributed by atoms with E-state index in [1.165, 1.54) is 16.7 Å². The van der Waals surface area contributed by atoms with Gasteiger partial charge in [0.2, 0.25) is 0 Å². The van der Waals surface area contributed by atoms with E-state index in [4.69, 9.17) is 0 Å². The van der Waals surface area contributed by atoms with Crippen LogP contribution >= 0.6 is 0 Å². The summed E-state index contributed by atoms with van der Waals surface area (Å²) in [5.41, 5.74) is 4.76. The molecule has 3 heteroatoms. The Morgan fingerprint density at radius 1 is 1.25 bits per heavy atom. The monoisotopic (exact) mass is 274 g/mol. The van der Waals surface area contributed by atoms with Crippen molar-refractivity contribution >= 4 is 5.91 Å². The van der Waals surface area contributed by atoms with Gasteiger partial charge in [0.05, 0.1) is 0 Å². The van der Waals surface area contributed by atoms with E-state index >= 15 is 0 Å². The number of amides is 1. The number of benzene rings is 1. The molecule has 0 saturated heterocycles.